The molecule has 0 aromatic heterocycles. The van der Waals surface area contributed by atoms with Crippen molar-refractivity contribution in [1.29, 1.82) is 5.26 Å². The van der Waals surface area contributed by atoms with Crippen LogP contribution in [-0.4, -0.2) is 27.6 Å². The molecule has 0 bridgehead atoms. The second-order valence-corrected chi connectivity index (χ2v) is 8.90. The minimum Gasteiger partial charge on any atom is -0.478 e. The molecular formula is C24H32N2O2. The van der Waals surface area contributed by atoms with Crippen molar-refractivity contribution in [3.8, 4) is 6.07 Å². The quantitative estimate of drug-likeness (QED) is 0.741. The summed E-state index contributed by atoms with van der Waals surface area (Å²) in [7, 11) is 0. The average Bonchev–Trinajstić information content (AvgIpc) is 2.59. The molecule has 28 heavy (non-hydrogen) atoms. The maximum atomic E-state index is 12.3. The first-order chi connectivity index (χ1) is 13.0. The van der Waals surface area contributed by atoms with Gasteiger partial charge in [-0.3, -0.25) is 0 Å². The molecule has 2 rings (SSSR count). The van der Waals surface area contributed by atoms with E-state index in [1.54, 1.807) is 0 Å². The van der Waals surface area contributed by atoms with Crippen LogP contribution in [0.15, 0.2) is 41.1 Å². The fourth-order valence-corrected chi connectivity index (χ4v) is 4.20. The van der Waals surface area contributed by atoms with Gasteiger partial charge in [-0.05, 0) is 57.6 Å². The van der Waals surface area contributed by atoms with Crippen molar-refractivity contribution in [2.24, 2.45) is 5.92 Å². The van der Waals surface area contributed by atoms with Crippen LogP contribution < -0.4 is 0 Å². The Hall–Kier alpha value is -2.54. The molecule has 0 saturated carbocycles. The number of hydrogen-bond donors (Lipinski definition) is 1. The van der Waals surface area contributed by atoms with Crippen LogP contribution in [0.4, 0.5) is 0 Å². The Kier molecular flexibility index (Phi) is 6.39. The van der Waals surface area contributed by atoms with Crippen molar-refractivity contribution < 1.29 is 9.90 Å². The fourth-order valence-electron chi connectivity index (χ4n) is 4.20. The molecule has 4 nitrogen and oxygen atoms in total. The van der Waals surface area contributed by atoms with Gasteiger partial charge in [0.2, 0.25) is 0 Å². The third-order valence-electron chi connectivity index (χ3n) is 5.29. The number of carbonyl (C=O) groups is 1. The smallest absolute Gasteiger partial charge is 0.338 e. The number of benzene rings is 1. The van der Waals surface area contributed by atoms with Crippen molar-refractivity contribution in [3.63, 3.8) is 0 Å². The Morgan fingerprint density at radius 2 is 1.82 bits per heavy atom. The van der Waals surface area contributed by atoms with E-state index in [1.165, 1.54) is 5.56 Å². The standard InChI is InChI=1S/C24H32N2O2/c1-8-17-9-11-18(12-10-17)22-19(14-25)20(13-15(2)3)26(24(5,6)7)16(4)21(22)23(27)28/h9-12,15,20H,8,13H2,1-7H3,(H,27,28). The van der Waals surface area contributed by atoms with E-state index >= 15 is 0 Å². The summed E-state index contributed by atoms with van der Waals surface area (Å²) in [6.07, 6.45) is 1.71. The first kappa shape index (κ1) is 21.8. The zero-order valence-electron chi connectivity index (χ0n) is 18.1. The molecule has 1 unspecified atom stereocenters. The molecule has 1 N–H and O–H groups in total. The van der Waals surface area contributed by atoms with Crippen LogP contribution in [0, 0.1) is 17.2 Å². The zero-order chi connectivity index (χ0) is 21.2. The molecule has 1 heterocycles. The molecule has 0 fully saturated rings. The van der Waals surface area contributed by atoms with E-state index < -0.39 is 5.97 Å². The maximum absolute atomic E-state index is 12.3. The Bertz CT molecular complexity index is 846. The van der Waals surface area contributed by atoms with E-state index in [1.807, 2.05) is 31.2 Å². The minimum absolute atomic E-state index is 0.144. The van der Waals surface area contributed by atoms with Gasteiger partial charge in [-0.2, -0.15) is 5.26 Å². The zero-order valence-corrected chi connectivity index (χ0v) is 18.1. The summed E-state index contributed by atoms with van der Waals surface area (Å²) in [5.74, 6) is -0.613. The second-order valence-electron chi connectivity index (χ2n) is 8.90. The molecule has 0 aliphatic carbocycles. The van der Waals surface area contributed by atoms with Gasteiger partial charge < -0.3 is 10.0 Å². The highest BCUT2D eigenvalue weighted by atomic mass is 16.4. The molecular weight excluding hydrogens is 348 g/mol. The molecule has 4 heteroatoms. The summed E-state index contributed by atoms with van der Waals surface area (Å²) in [6, 6.07) is 10.2. The molecule has 1 aliphatic rings. The SMILES string of the molecule is CCc1ccc(C2=C(C#N)C(CC(C)C)N(C(C)(C)C)C(C)=C2C(=O)O)cc1. The first-order valence-electron chi connectivity index (χ1n) is 10.00. The minimum atomic E-state index is -0.989. The lowest BCUT2D eigenvalue weighted by atomic mass is 9.80. The normalized spacial score (nSPS) is 18.0. The van der Waals surface area contributed by atoms with Crippen LogP contribution in [0.5, 0.6) is 0 Å². The lowest BCUT2D eigenvalue weighted by molar-refractivity contribution is -0.132. The number of carboxylic acids is 1. The van der Waals surface area contributed by atoms with Gasteiger partial charge in [-0.15, -0.1) is 0 Å². The van der Waals surface area contributed by atoms with Crippen LogP contribution in [0.25, 0.3) is 5.57 Å². The monoisotopic (exact) mass is 380 g/mol. The Morgan fingerprint density at radius 3 is 2.21 bits per heavy atom. The van der Waals surface area contributed by atoms with Crippen LogP contribution in [0.1, 0.15) is 66.0 Å². The van der Waals surface area contributed by atoms with E-state index in [-0.39, 0.29) is 17.2 Å². The van der Waals surface area contributed by atoms with Gasteiger partial charge in [0.05, 0.1) is 23.3 Å². The molecule has 150 valence electrons. The molecule has 1 atom stereocenters. The Balaban J connectivity index is 2.84. The molecule has 0 spiro atoms. The van der Waals surface area contributed by atoms with Gasteiger partial charge in [0.1, 0.15) is 0 Å². The van der Waals surface area contributed by atoms with E-state index in [0.717, 1.165) is 24.1 Å². The predicted octanol–water partition coefficient (Wildman–Crippen LogP) is 5.41. The van der Waals surface area contributed by atoms with Crippen molar-refractivity contribution in [2.75, 3.05) is 0 Å². The molecule has 0 saturated heterocycles. The number of aliphatic carboxylic acids is 1. The fraction of sp³-hybridized carbons (Fsp3) is 0.500. The highest BCUT2D eigenvalue weighted by Gasteiger charge is 2.41. The molecule has 1 aromatic rings. The Labute approximate surface area is 169 Å². The number of rotatable bonds is 5. The number of nitrogens with zero attached hydrogens (tertiary/aromatic N) is 2. The second kappa shape index (κ2) is 8.22. The first-order valence-corrected chi connectivity index (χ1v) is 10.00. The summed E-state index contributed by atoms with van der Waals surface area (Å²) in [6.45, 7) is 14.4. The largest absolute Gasteiger partial charge is 0.478 e. The third kappa shape index (κ3) is 4.14. The third-order valence-corrected chi connectivity index (χ3v) is 5.29. The lowest BCUT2D eigenvalue weighted by Crippen LogP contribution is -2.50. The highest BCUT2D eigenvalue weighted by Crippen LogP contribution is 2.43. The van der Waals surface area contributed by atoms with Crippen LogP contribution in [0.3, 0.4) is 0 Å². The lowest BCUT2D eigenvalue weighted by Gasteiger charge is -2.48. The van der Waals surface area contributed by atoms with Gasteiger partial charge in [-0.25, -0.2) is 4.79 Å². The number of allylic oxidation sites excluding steroid dienone is 1. The Morgan fingerprint density at radius 1 is 1.25 bits per heavy atom. The summed E-state index contributed by atoms with van der Waals surface area (Å²) < 4.78 is 0. The van der Waals surface area contributed by atoms with Gasteiger partial charge in [-0.1, -0.05) is 45.0 Å². The number of carboxylic acid groups (broad SMARTS) is 1. The average molecular weight is 381 g/mol. The van der Waals surface area contributed by atoms with Gasteiger partial charge in [0, 0.05) is 16.8 Å². The van der Waals surface area contributed by atoms with E-state index in [9.17, 15) is 15.2 Å². The number of aryl methyl sites for hydroxylation is 1. The van der Waals surface area contributed by atoms with Crippen LogP contribution in [-0.2, 0) is 11.2 Å². The van der Waals surface area contributed by atoms with E-state index in [2.05, 4.69) is 52.5 Å². The van der Waals surface area contributed by atoms with Crippen molar-refractivity contribution in [2.45, 2.75) is 72.9 Å². The van der Waals surface area contributed by atoms with Crippen molar-refractivity contribution >= 4 is 11.5 Å². The molecule has 0 amide bonds. The van der Waals surface area contributed by atoms with Gasteiger partial charge in [0.15, 0.2) is 0 Å². The highest BCUT2D eigenvalue weighted by molar-refractivity contribution is 6.08. The van der Waals surface area contributed by atoms with Crippen molar-refractivity contribution in [3.05, 3.63) is 52.2 Å². The summed E-state index contributed by atoms with van der Waals surface area (Å²) in [5.41, 5.74) is 3.76. The number of nitriles is 1. The summed E-state index contributed by atoms with van der Waals surface area (Å²) in [5, 5.41) is 20.2. The van der Waals surface area contributed by atoms with Crippen molar-refractivity contribution in [1.82, 2.24) is 4.90 Å². The van der Waals surface area contributed by atoms with Crippen LogP contribution >= 0.6 is 0 Å². The summed E-state index contributed by atoms with van der Waals surface area (Å²) in [4.78, 5) is 14.4. The molecule has 0 radical (unpaired) electrons. The van der Waals surface area contributed by atoms with E-state index in [0.29, 0.717) is 17.1 Å². The van der Waals surface area contributed by atoms with Gasteiger partial charge >= 0.3 is 5.97 Å². The molecule has 1 aromatic carbocycles. The number of hydrogen-bond acceptors (Lipinski definition) is 3. The van der Waals surface area contributed by atoms with Gasteiger partial charge in [0.25, 0.3) is 0 Å². The maximum Gasteiger partial charge on any atom is 0.338 e. The topological polar surface area (TPSA) is 64.3 Å². The molecule has 1 aliphatic heterocycles. The van der Waals surface area contributed by atoms with Crippen LogP contribution in [0.2, 0.25) is 0 Å². The predicted molar refractivity (Wildman–Crippen MR) is 114 cm³/mol. The van der Waals surface area contributed by atoms with E-state index in [4.69, 9.17) is 0 Å². The summed E-state index contributed by atoms with van der Waals surface area (Å²) >= 11 is 0.